The molecule has 27 heavy (non-hydrogen) atoms. The molecule has 0 saturated carbocycles. The number of carbonyl (C=O) groups excluding carboxylic acids is 1. The summed E-state index contributed by atoms with van der Waals surface area (Å²) >= 11 is 0. The number of fused-ring (bicyclic) bond motifs is 3. The Morgan fingerprint density at radius 1 is 1.11 bits per heavy atom. The fraction of sp³-hybridized carbons (Fsp3) is 0.273. The number of rotatable bonds is 4. The van der Waals surface area contributed by atoms with Gasteiger partial charge in [0.05, 0.1) is 18.1 Å². The van der Waals surface area contributed by atoms with Gasteiger partial charge in [-0.3, -0.25) is 0 Å². The van der Waals surface area contributed by atoms with Gasteiger partial charge >= 0.3 is 11.6 Å². The molecule has 0 atom stereocenters. The van der Waals surface area contributed by atoms with E-state index in [0.717, 1.165) is 52.7 Å². The maximum Gasteiger partial charge on any atom is 0.339 e. The molecule has 5 heteroatoms. The highest BCUT2D eigenvalue weighted by Gasteiger charge is 2.22. The fourth-order valence-electron chi connectivity index (χ4n) is 3.64. The van der Waals surface area contributed by atoms with E-state index in [0.29, 0.717) is 17.8 Å². The number of methoxy groups -OCH3 is 1. The van der Waals surface area contributed by atoms with E-state index in [1.54, 1.807) is 12.1 Å². The highest BCUT2D eigenvalue weighted by atomic mass is 16.5. The standard InChI is InChI=1S/C22H20O5/c1-13-10-18(26-12-14-6-8-15(9-7-14)21(23)25-2)20-16-4-3-5-17(16)22(24)27-19(20)11-13/h6-11H,3-5,12H2,1-2H3. The number of esters is 1. The van der Waals surface area contributed by atoms with Gasteiger partial charge in [-0.05, 0) is 67.1 Å². The van der Waals surface area contributed by atoms with E-state index in [-0.39, 0.29) is 11.6 Å². The summed E-state index contributed by atoms with van der Waals surface area (Å²) in [6, 6.07) is 11.0. The van der Waals surface area contributed by atoms with E-state index in [9.17, 15) is 9.59 Å². The second-order valence-corrected chi connectivity index (χ2v) is 6.81. The summed E-state index contributed by atoms with van der Waals surface area (Å²) in [7, 11) is 1.36. The number of hydrogen-bond acceptors (Lipinski definition) is 5. The topological polar surface area (TPSA) is 65.7 Å². The summed E-state index contributed by atoms with van der Waals surface area (Å²) in [4.78, 5) is 23.7. The molecule has 0 fully saturated rings. The highest BCUT2D eigenvalue weighted by Crippen LogP contribution is 2.35. The molecule has 0 aliphatic heterocycles. The first-order valence-corrected chi connectivity index (χ1v) is 8.96. The lowest BCUT2D eigenvalue weighted by Gasteiger charge is -2.13. The van der Waals surface area contributed by atoms with Gasteiger partial charge in [-0.25, -0.2) is 9.59 Å². The Balaban J connectivity index is 1.67. The molecule has 0 amide bonds. The van der Waals surface area contributed by atoms with Crippen molar-refractivity contribution in [1.29, 1.82) is 0 Å². The van der Waals surface area contributed by atoms with Crippen molar-refractivity contribution in [3.8, 4) is 5.75 Å². The monoisotopic (exact) mass is 364 g/mol. The molecule has 1 heterocycles. The minimum atomic E-state index is -0.363. The van der Waals surface area contributed by atoms with E-state index < -0.39 is 0 Å². The average molecular weight is 364 g/mol. The maximum atomic E-state index is 12.2. The lowest BCUT2D eigenvalue weighted by atomic mass is 10.0. The van der Waals surface area contributed by atoms with Gasteiger partial charge in [0.15, 0.2) is 0 Å². The van der Waals surface area contributed by atoms with E-state index in [2.05, 4.69) is 0 Å². The van der Waals surface area contributed by atoms with Crippen LogP contribution in [0.25, 0.3) is 11.0 Å². The van der Waals surface area contributed by atoms with Crippen molar-refractivity contribution in [2.75, 3.05) is 7.11 Å². The van der Waals surface area contributed by atoms with Crippen LogP contribution in [-0.2, 0) is 24.2 Å². The lowest BCUT2D eigenvalue weighted by Crippen LogP contribution is -2.08. The van der Waals surface area contributed by atoms with Gasteiger partial charge in [0.25, 0.3) is 0 Å². The number of hydrogen-bond donors (Lipinski definition) is 0. The Kier molecular flexibility index (Phi) is 4.44. The molecule has 0 saturated heterocycles. The molecule has 0 N–H and O–H groups in total. The van der Waals surface area contributed by atoms with Crippen LogP contribution in [0.3, 0.4) is 0 Å². The van der Waals surface area contributed by atoms with E-state index >= 15 is 0 Å². The fourth-order valence-corrected chi connectivity index (χ4v) is 3.64. The van der Waals surface area contributed by atoms with Crippen molar-refractivity contribution < 1.29 is 18.7 Å². The molecule has 0 spiro atoms. The smallest absolute Gasteiger partial charge is 0.339 e. The molecule has 1 aliphatic carbocycles. The first-order valence-electron chi connectivity index (χ1n) is 8.96. The molecule has 3 aromatic rings. The van der Waals surface area contributed by atoms with Gasteiger partial charge < -0.3 is 13.9 Å². The normalized spacial score (nSPS) is 12.8. The van der Waals surface area contributed by atoms with Crippen molar-refractivity contribution >= 4 is 16.9 Å². The van der Waals surface area contributed by atoms with E-state index in [4.69, 9.17) is 13.9 Å². The summed E-state index contributed by atoms with van der Waals surface area (Å²) in [5.74, 6) is 0.363. The molecule has 0 unspecified atom stereocenters. The maximum absolute atomic E-state index is 12.2. The Morgan fingerprint density at radius 2 is 1.85 bits per heavy atom. The van der Waals surface area contributed by atoms with Crippen molar-refractivity contribution in [1.82, 2.24) is 0 Å². The summed E-state index contributed by atoms with van der Waals surface area (Å²) < 4.78 is 16.4. The quantitative estimate of drug-likeness (QED) is 0.518. The van der Waals surface area contributed by atoms with E-state index in [1.807, 2.05) is 31.2 Å². The molecule has 1 aliphatic rings. The van der Waals surface area contributed by atoms with Crippen LogP contribution in [0, 0.1) is 6.92 Å². The van der Waals surface area contributed by atoms with Gasteiger partial charge in [0, 0.05) is 5.56 Å². The summed E-state index contributed by atoms with van der Waals surface area (Å²) in [5, 5.41) is 0.902. The summed E-state index contributed by atoms with van der Waals surface area (Å²) in [6.45, 7) is 2.30. The van der Waals surface area contributed by atoms with E-state index in [1.165, 1.54) is 7.11 Å². The third kappa shape index (κ3) is 3.21. The third-order valence-corrected chi connectivity index (χ3v) is 4.95. The largest absolute Gasteiger partial charge is 0.488 e. The lowest BCUT2D eigenvalue weighted by molar-refractivity contribution is 0.0600. The number of aryl methyl sites for hydroxylation is 2. The SMILES string of the molecule is COC(=O)c1ccc(COc2cc(C)cc3oc(=O)c4c(c23)CCC4)cc1. The van der Waals surface area contributed by atoms with Crippen LogP contribution in [0.5, 0.6) is 5.75 Å². The second kappa shape index (κ2) is 6.91. The van der Waals surface area contributed by atoms with Crippen LogP contribution in [0.1, 0.15) is 39.0 Å². The van der Waals surface area contributed by atoms with Crippen LogP contribution >= 0.6 is 0 Å². The van der Waals surface area contributed by atoms with Crippen molar-refractivity contribution in [2.24, 2.45) is 0 Å². The zero-order valence-electron chi connectivity index (χ0n) is 15.3. The highest BCUT2D eigenvalue weighted by molar-refractivity contribution is 5.89. The van der Waals surface area contributed by atoms with Gasteiger partial charge in [0.1, 0.15) is 17.9 Å². The van der Waals surface area contributed by atoms with Gasteiger partial charge in [-0.2, -0.15) is 0 Å². The Labute approximate surface area is 156 Å². The zero-order chi connectivity index (χ0) is 19.0. The molecule has 2 aromatic carbocycles. The third-order valence-electron chi connectivity index (χ3n) is 4.95. The van der Waals surface area contributed by atoms with Gasteiger partial charge in [-0.1, -0.05) is 12.1 Å². The Bertz CT molecular complexity index is 1080. The minimum Gasteiger partial charge on any atom is -0.488 e. The first kappa shape index (κ1) is 17.3. The predicted molar refractivity (Wildman–Crippen MR) is 101 cm³/mol. The second-order valence-electron chi connectivity index (χ2n) is 6.81. The molecule has 0 radical (unpaired) electrons. The van der Waals surface area contributed by atoms with Crippen molar-refractivity contribution in [3.05, 3.63) is 74.6 Å². The van der Waals surface area contributed by atoms with Gasteiger partial charge in [-0.15, -0.1) is 0 Å². The number of ether oxygens (including phenoxy) is 2. The molecular weight excluding hydrogens is 344 g/mol. The molecule has 5 nitrogen and oxygen atoms in total. The van der Waals surface area contributed by atoms with Crippen LogP contribution in [0.15, 0.2) is 45.6 Å². The average Bonchev–Trinajstić information content (AvgIpc) is 3.16. The van der Waals surface area contributed by atoms with Crippen LogP contribution in [0.2, 0.25) is 0 Å². The Hall–Kier alpha value is -3.08. The number of carbonyl (C=O) groups is 1. The zero-order valence-corrected chi connectivity index (χ0v) is 15.3. The molecule has 138 valence electrons. The molecule has 4 rings (SSSR count). The van der Waals surface area contributed by atoms with Crippen LogP contribution in [0.4, 0.5) is 0 Å². The van der Waals surface area contributed by atoms with Crippen molar-refractivity contribution in [3.63, 3.8) is 0 Å². The molecule has 1 aromatic heterocycles. The minimum absolute atomic E-state index is 0.232. The molecular formula is C22H20O5. The number of benzene rings is 2. The Morgan fingerprint density at radius 3 is 2.59 bits per heavy atom. The predicted octanol–water partition coefficient (Wildman–Crippen LogP) is 3.96. The summed E-state index contributed by atoms with van der Waals surface area (Å²) in [5.41, 5.74) is 4.59. The van der Waals surface area contributed by atoms with Gasteiger partial charge in [0.2, 0.25) is 0 Å². The van der Waals surface area contributed by atoms with Crippen LogP contribution in [-0.4, -0.2) is 13.1 Å². The first-order chi connectivity index (χ1) is 13.1. The van der Waals surface area contributed by atoms with Crippen molar-refractivity contribution in [2.45, 2.75) is 32.8 Å². The van der Waals surface area contributed by atoms with Crippen LogP contribution < -0.4 is 10.4 Å². The summed E-state index contributed by atoms with van der Waals surface area (Å²) in [6.07, 6.45) is 2.59. The molecule has 0 bridgehead atoms.